The fraction of sp³-hybridized carbons (Fsp3) is 0.500. The lowest BCUT2D eigenvalue weighted by atomic mass is 9.82. The molecule has 1 spiro atoms. The molecule has 1 aliphatic carbocycles. The van der Waals surface area contributed by atoms with Crippen LogP contribution < -0.4 is 10.7 Å². The summed E-state index contributed by atoms with van der Waals surface area (Å²) in [5.74, 6) is -0.804. The van der Waals surface area contributed by atoms with Crippen molar-refractivity contribution in [3.8, 4) is 0 Å². The molecule has 0 atom stereocenters. The monoisotopic (exact) mass is 412 g/mol. The smallest absolute Gasteiger partial charge is 0.322 e. The zero-order valence-corrected chi connectivity index (χ0v) is 16.6. The minimum absolute atomic E-state index is 0.0182. The first-order valence-corrected chi connectivity index (χ1v) is 9.65. The largest absolute Gasteiger partial charge is 0.344 e. The van der Waals surface area contributed by atoms with Gasteiger partial charge < -0.3 is 5.32 Å². The van der Waals surface area contributed by atoms with Crippen LogP contribution in [-0.2, 0) is 16.1 Å². The van der Waals surface area contributed by atoms with Gasteiger partial charge in [-0.3, -0.25) is 19.9 Å². The number of likely N-dealkylation sites (N-methyl/N-ethyl adjacent to an activating group) is 1. The van der Waals surface area contributed by atoms with E-state index in [1.54, 1.807) is 24.1 Å². The van der Waals surface area contributed by atoms with Gasteiger partial charge in [-0.05, 0) is 37.6 Å². The highest BCUT2D eigenvalue weighted by molar-refractivity contribution is 6.42. The molecule has 1 saturated carbocycles. The minimum atomic E-state index is -0.853. The molecular weight excluding hydrogens is 391 g/mol. The maximum atomic E-state index is 12.7. The highest BCUT2D eigenvalue weighted by Crippen LogP contribution is 2.33. The first-order valence-electron chi connectivity index (χ1n) is 8.89. The molecule has 0 radical (unpaired) electrons. The Morgan fingerprint density at radius 2 is 1.93 bits per heavy atom. The zero-order valence-electron chi connectivity index (χ0n) is 15.1. The lowest BCUT2D eigenvalue weighted by molar-refractivity contribution is -0.140. The van der Waals surface area contributed by atoms with Gasteiger partial charge >= 0.3 is 6.03 Å². The van der Waals surface area contributed by atoms with Crippen LogP contribution in [0.2, 0.25) is 10.0 Å². The molecule has 2 fully saturated rings. The standard InChI is InChI=1S/C18H22Cl2N4O3/c1-23(10-12-5-6-13(19)14(20)9-12)11-15(25)22-24-16(26)18(21-17(24)27)7-3-2-4-8-18/h5-6,9H,2-4,7-8,10-11H2,1H3,(H,21,27)(H,22,25). The van der Waals surface area contributed by atoms with Gasteiger partial charge in [0.2, 0.25) is 0 Å². The number of halogens is 2. The number of hydrogen-bond donors (Lipinski definition) is 2. The number of hydrazine groups is 1. The van der Waals surface area contributed by atoms with Crippen LogP contribution in [0, 0.1) is 0 Å². The first-order chi connectivity index (χ1) is 12.8. The summed E-state index contributed by atoms with van der Waals surface area (Å²) in [7, 11) is 1.76. The van der Waals surface area contributed by atoms with Gasteiger partial charge in [-0.15, -0.1) is 0 Å². The fourth-order valence-electron chi connectivity index (χ4n) is 3.63. The fourth-order valence-corrected chi connectivity index (χ4v) is 3.95. The zero-order chi connectivity index (χ0) is 19.6. The molecule has 1 saturated heterocycles. The third-order valence-corrected chi connectivity index (χ3v) is 5.69. The van der Waals surface area contributed by atoms with Gasteiger partial charge in [0.1, 0.15) is 5.54 Å². The van der Waals surface area contributed by atoms with Crippen molar-refractivity contribution >= 4 is 41.0 Å². The van der Waals surface area contributed by atoms with Gasteiger partial charge in [-0.25, -0.2) is 4.79 Å². The number of imide groups is 1. The van der Waals surface area contributed by atoms with E-state index in [1.807, 2.05) is 6.07 Å². The van der Waals surface area contributed by atoms with E-state index < -0.39 is 17.5 Å². The molecule has 1 heterocycles. The van der Waals surface area contributed by atoms with Crippen LogP contribution in [0.5, 0.6) is 0 Å². The van der Waals surface area contributed by atoms with Crippen molar-refractivity contribution in [3.05, 3.63) is 33.8 Å². The number of hydrogen-bond acceptors (Lipinski definition) is 4. The molecule has 146 valence electrons. The molecule has 7 nitrogen and oxygen atoms in total. The summed E-state index contributed by atoms with van der Waals surface area (Å²) in [6, 6.07) is 4.70. The molecule has 9 heteroatoms. The molecule has 2 N–H and O–H groups in total. The Balaban J connectivity index is 1.56. The quantitative estimate of drug-likeness (QED) is 0.728. The number of amides is 4. The van der Waals surface area contributed by atoms with Crippen LogP contribution in [-0.4, -0.2) is 46.9 Å². The second-order valence-electron chi connectivity index (χ2n) is 7.17. The summed E-state index contributed by atoms with van der Waals surface area (Å²) in [5.41, 5.74) is 2.48. The summed E-state index contributed by atoms with van der Waals surface area (Å²) in [4.78, 5) is 38.9. The molecule has 3 rings (SSSR count). The van der Waals surface area contributed by atoms with Crippen LogP contribution in [0.4, 0.5) is 4.79 Å². The molecule has 0 unspecified atom stereocenters. The van der Waals surface area contributed by atoms with Gasteiger partial charge in [-0.2, -0.15) is 5.01 Å². The van der Waals surface area contributed by atoms with E-state index in [4.69, 9.17) is 23.2 Å². The number of nitrogens with zero attached hydrogens (tertiary/aromatic N) is 2. The van der Waals surface area contributed by atoms with E-state index in [1.165, 1.54) is 0 Å². The SMILES string of the molecule is CN(CC(=O)NN1C(=O)NC2(CCCCC2)C1=O)Cc1ccc(Cl)c(Cl)c1. The maximum absolute atomic E-state index is 12.7. The highest BCUT2D eigenvalue weighted by Gasteiger charge is 2.52. The van der Waals surface area contributed by atoms with E-state index in [-0.39, 0.29) is 12.5 Å². The Bertz CT molecular complexity index is 765. The van der Waals surface area contributed by atoms with Crippen molar-refractivity contribution in [2.24, 2.45) is 0 Å². The lowest BCUT2D eigenvalue weighted by Gasteiger charge is -2.30. The van der Waals surface area contributed by atoms with E-state index in [9.17, 15) is 14.4 Å². The number of nitrogens with one attached hydrogen (secondary N) is 2. The first kappa shape index (κ1) is 19.9. The van der Waals surface area contributed by atoms with Crippen molar-refractivity contribution in [1.29, 1.82) is 0 Å². The molecular formula is C18H22Cl2N4O3. The number of carbonyl (C=O) groups excluding carboxylic acids is 3. The molecule has 2 aliphatic rings. The summed E-state index contributed by atoms with van der Waals surface area (Å²) in [6.07, 6.45) is 4.06. The third kappa shape index (κ3) is 4.36. The van der Waals surface area contributed by atoms with E-state index >= 15 is 0 Å². The average molecular weight is 413 g/mol. The molecule has 0 aromatic heterocycles. The topological polar surface area (TPSA) is 81.8 Å². The van der Waals surface area contributed by atoms with Crippen molar-refractivity contribution in [3.63, 3.8) is 0 Å². The normalized spacial score (nSPS) is 18.9. The molecule has 27 heavy (non-hydrogen) atoms. The third-order valence-electron chi connectivity index (χ3n) is 4.96. The second kappa shape index (κ2) is 8.04. The van der Waals surface area contributed by atoms with Crippen LogP contribution in [0.15, 0.2) is 18.2 Å². The lowest BCUT2D eigenvalue weighted by Crippen LogP contribution is -2.52. The van der Waals surface area contributed by atoms with Crippen LogP contribution >= 0.6 is 23.2 Å². The van der Waals surface area contributed by atoms with Gasteiger partial charge in [-0.1, -0.05) is 48.5 Å². The number of benzene rings is 1. The predicted molar refractivity (Wildman–Crippen MR) is 102 cm³/mol. The second-order valence-corrected chi connectivity index (χ2v) is 7.98. The number of carbonyl (C=O) groups is 3. The molecule has 0 bridgehead atoms. The summed E-state index contributed by atoms with van der Waals surface area (Å²) in [5, 5.41) is 4.50. The Hall–Kier alpha value is -1.83. The van der Waals surface area contributed by atoms with Crippen LogP contribution in [0.3, 0.4) is 0 Å². The van der Waals surface area contributed by atoms with Gasteiger partial charge in [0.05, 0.1) is 16.6 Å². The summed E-state index contributed by atoms with van der Waals surface area (Å²) in [6.45, 7) is 0.485. The highest BCUT2D eigenvalue weighted by atomic mass is 35.5. The number of urea groups is 1. The molecule has 1 aliphatic heterocycles. The maximum Gasteiger partial charge on any atom is 0.344 e. The van der Waals surface area contributed by atoms with Crippen LogP contribution in [0.1, 0.15) is 37.7 Å². The summed E-state index contributed by atoms with van der Waals surface area (Å²) >= 11 is 11.9. The van der Waals surface area contributed by atoms with Gasteiger partial charge in [0, 0.05) is 6.54 Å². The van der Waals surface area contributed by atoms with E-state index in [2.05, 4.69) is 10.7 Å². The van der Waals surface area contributed by atoms with Crippen molar-refractivity contribution in [1.82, 2.24) is 20.7 Å². The molecule has 1 aromatic carbocycles. The predicted octanol–water partition coefficient (Wildman–Crippen LogP) is 2.71. The minimum Gasteiger partial charge on any atom is -0.322 e. The van der Waals surface area contributed by atoms with Crippen LogP contribution in [0.25, 0.3) is 0 Å². The van der Waals surface area contributed by atoms with Gasteiger partial charge in [0.15, 0.2) is 0 Å². The van der Waals surface area contributed by atoms with Crippen molar-refractivity contribution in [2.75, 3.05) is 13.6 Å². The molecule has 1 aromatic rings. The Morgan fingerprint density at radius 3 is 2.59 bits per heavy atom. The Morgan fingerprint density at radius 1 is 1.22 bits per heavy atom. The Labute approximate surface area is 167 Å². The number of rotatable bonds is 5. The van der Waals surface area contributed by atoms with Crippen molar-refractivity contribution < 1.29 is 14.4 Å². The van der Waals surface area contributed by atoms with Gasteiger partial charge in [0.25, 0.3) is 11.8 Å². The van der Waals surface area contributed by atoms with E-state index in [0.29, 0.717) is 29.4 Å². The Kier molecular flexibility index (Phi) is 5.93. The van der Waals surface area contributed by atoms with E-state index in [0.717, 1.165) is 29.8 Å². The van der Waals surface area contributed by atoms with Crippen molar-refractivity contribution in [2.45, 2.75) is 44.2 Å². The average Bonchev–Trinajstić information content (AvgIpc) is 2.83. The molecule has 4 amide bonds. The summed E-state index contributed by atoms with van der Waals surface area (Å²) < 4.78 is 0.